The van der Waals surface area contributed by atoms with E-state index in [9.17, 15) is 9.59 Å². The van der Waals surface area contributed by atoms with Crippen molar-refractivity contribution < 1.29 is 14.3 Å². The summed E-state index contributed by atoms with van der Waals surface area (Å²) in [7, 11) is 0. The summed E-state index contributed by atoms with van der Waals surface area (Å²) < 4.78 is 5.00. The predicted octanol–water partition coefficient (Wildman–Crippen LogP) is 4.60. The molecule has 0 heterocycles. The van der Waals surface area contributed by atoms with E-state index in [4.69, 9.17) is 4.74 Å². The van der Waals surface area contributed by atoms with Crippen molar-refractivity contribution in [3.63, 3.8) is 0 Å². The first-order valence-corrected chi connectivity index (χ1v) is 7.76. The number of amides is 3. The molecular weight excluding hydrogens is 306 g/mol. The third-order valence-electron chi connectivity index (χ3n) is 3.20. The van der Waals surface area contributed by atoms with E-state index in [1.807, 2.05) is 38.1 Å². The normalized spacial score (nSPS) is 9.92. The molecule has 24 heavy (non-hydrogen) atoms. The molecule has 0 aromatic heterocycles. The van der Waals surface area contributed by atoms with Crippen LogP contribution in [0.2, 0.25) is 0 Å². The Labute approximate surface area is 141 Å². The van der Waals surface area contributed by atoms with E-state index in [0.29, 0.717) is 23.7 Å². The zero-order valence-corrected chi connectivity index (χ0v) is 13.8. The van der Waals surface area contributed by atoms with Crippen LogP contribution in [0.1, 0.15) is 18.9 Å². The zero-order valence-electron chi connectivity index (χ0n) is 13.8. The van der Waals surface area contributed by atoms with Gasteiger partial charge in [0, 0.05) is 17.1 Å². The number of anilines is 3. The highest BCUT2D eigenvalue weighted by Gasteiger charge is 2.08. The van der Waals surface area contributed by atoms with Crippen LogP contribution in [0.3, 0.4) is 0 Å². The minimum Gasteiger partial charge on any atom is -0.449 e. The lowest BCUT2D eigenvalue weighted by Crippen LogP contribution is -2.20. The lowest BCUT2D eigenvalue weighted by molar-refractivity contribution is 0.161. The fourth-order valence-electron chi connectivity index (χ4n) is 1.99. The number of rotatable bonds is 5. The molecule has 2 rings (SSSR count). The van der Waals surface area contributed by atoms with E-state index >= 15 is 0 Å². The maximum Gasteiger partial charge on any atom is 0.411 e. The van der Waals surface area contributed by atoms with Crippen molar-refractivity contribution in [2.24, 2.45) is 0 Å². The molecule has 126 valence electrons. The van der Waals surface area contributed by atoms with Crippen molar-refractivity contribution in [1.82, 2.24) is 0 Å². The number of carbonyl (C=O) groups is 2. The van der Waals surface area contributed by atoms with Gasteiger partial charge in [0.1, 0.15) is 0 Å². The van der Waals surface area contributed by atoms with Crippen LogP contribution in [0.25, 0.3) is 0 Å². The number of hydrogen-bond donors (Lipinski definition) is 3. The average Bonchev–Trinajstić information content (AvgIpc) is 2.57. The second-order valence-electron chi connectivity index (χ2n) is 5.24. The van der Waals surface area contributed by atoms with Crippen molar-refractivity contribution in [1.29, 1.82) is 0 Å². The molecule has 6 nitrogen and oxygen atoms in total. The highest BCUT2D eigenvalue weighted by Crippen LogP contribution is 2.21. The van der Waals surface area contributed by atoms with Gasteiger partial charge in [-0.3, -0.25) is 5.32 Å². The van der Waals surface area contributed by atoms with Crippen LogP contribution in [0, 0.1) is 6.92 Å². The second kappa shape index (κ2) is 8.57. The molecular formula is C18H21N3O3. The quantitative estimate of drug-likeness (QED) is 0.751. The summed E-state index contributed by atoms with van der Waals surface area (Å²) in [5.41, 5.74) is 2.73. The summed E-state index contributed by atoms with van der Waals surface area (Å²) in [6, 6.07) is 14.1. The topological polar surface area (TPSA) is 79.5 Å². The highest BCUT2D eigenvalue weighted by atomic mass is 16.5. The van der Waals surface area contributed by atoms with E-state index in [-0.39, 0.29) is 6.03 Å². The number of hydrogen-bond acceptors (Lipinski definition) is 3. The van der Waals surface area contributed by atoms with Crippen LogP contribution in [-0.4, -0.2) is 18.7 Å². The standard InChI is InChI=1S/C18H21N3O3/c1-3-11-24-18(23)21-16-12-15(10-9-13(16)2)20-17(22)19-14-7-5-4-6-8-14/h4-10,12H,3,11H2,1-2H3,(H,21,23)(H2,19,20,22). The number of urea groups is 1. The molecule has 3 amide bonds. The van der Waals surface area contributed by atoms with E-state index < -0.39 is 6.09 Å². The Bertz CT molecular complexity index is 702. The van der Waals surface area contributed by atoms with Gasteiger partial charge < -0.3 is 15.4 Å². The summed E-state index contributed by atoms with van der Waals surface area (Å²) in [5.74, 6) is 0. The van der Waals surface area contributed by atoms with Crippen LogP contribution in [0.15, 0.2) is 48.5 Å². The molecule has 0 unspecified atom stereocenters. The van der Waals surface area contributed by atoms with E-state index in [1.54, 1.807) is 24.3 Å². The smallest absolute Gasteiger partial charge is 0.411 e. The monoisotopic (exact) mass is 327 g/mol. The third kappa shape index (κ3) is 5.31. The number of benzene rings is 2. The summed E-state index contributed by atoms with van der Waals surface area (Å²) in [6.45, 7) is 4.15. The fourth-order valence-corrected chi connectivity index (χ4v) is 1.99. The second-order valence-corrected chi connectivity index (χ2v) is 5.24. The average molecular weight is 327 g/mol. The Hall–Kier alpha value is -3.02. The molecule has 0 bridgehead atoms. The summed E-state index contributed by atoms with van der Waals surface area (Å²) in [5, 5.41) is 8.14. The van der Waals surface area contributed by atoms with Gasteiger partial charge in [0.25, 0.3) is 0 Å². The van der Waals surface area contributed by atoms with Crippen LogP contribution >= 0.6 is 0 Å². The third-order valence-corrected chi connectivity index (χ3v) is 3.20. The first-order chi connectivity index (χ1) is 11.6. The number of nitrogens with one attached hydrogen (secondary N) is 3. The molecule has 0 aliphatic carbocycles. The van der Waals surface area contributed by atoms with Crippen molar-refractivity contribution in [2.45, 2.75) is 20.3 Å². The zero-order chi connectivity index (χ0) is 17.4. The Balaban J connectivity index is 1.99. The van der Waals surface area contributed by atoms with E-state index in [2.05, 4.69) is 16.0 Å². The van der Waals surface area contributed by atoms with Crippen molar-refractivity contribution in [3.05, 3.63) is 54.1 Å². The molecule has 0 saturated carbocycles. The summed E-state index contributed by atoms with van der Waals surface area (Å²) in [4.78, 5) is 23.7. The number of para-hydroxylation sites is 1. The molecule has 0 fully saturated rings. The predicted molar refractivity (Wildman–Crippen MR) is 95.5 cm³/mol. The summed E-state index contributed by atoms with van der Waals surface area (Å²) >= 11 is 0. The fraction of sp³-hybridized carbons (Fsp3) is 0.222. The van der Waals surface area contributed by atoms with Crippen molar-refractivity contribution in [3.8, 4) is 0 Å². The Morgan fingerprint density at radius 3 is 2.38 bits per heavy atom. The maximum absolute atomic E-state index is 12.0. The number of aryl methyl sites for hydroxylation is 1. The minimum atomic E-state index is -0.508. The molecule has 2 aromatic rings. The Morgan fingerprint density at radius 1 is 0.958 bits per heavy atom. The molecule has 0 saturated heterocycles. The maximum atomic E-state index is 12.0. The molecule has 0 aliphatic rings. The Kier molecular flexibility index (Phi) is 6.19. The molecule has 0 atom stereocenters. The van der Waals surface area contributed by atoms with Crippen LogP contribution in [0.5, 0.6) is 0 Å². The first kappa shape index (κ1) is 17.3. The van der Waals surface area contributed by atoms with Crippen LogP contribution in [0.4, 0.5) is 26.7 Å². The van der Waals surface area contributed by atoms with Gasteiger partial charge in [-0.25, -0.2) is 9.59 Å². The van der Waals surface area contributed by atoms with Crippen LogP contribution < -0.4 is 16.0 Å². The molecule has 0 aliphatic heterocycles. The Morgan fingerprint density at radius 2 is 1.67 bits per heavy atom. The van der Waals surface area contributed by atoms with Crippen LogP contribution in [-0.2, 0) is 4.74 Å². The number of ether oxygens (including phenoxy) is 1. The summed E-state index contributed by atoms with van der Waals surface area (Å²) in [6.07, 6.45) is 0.249. The van der Waals surface area contributed by atoms with E-state index in [1.165, 1.54) is 0 Å². The van der Waals surface area contributed by atoms with E-state index in [0.717, 1.165) is 12.0 Å². The van der Waals surface area contributed by atoms with Gasteiger partial charge in [-0.1, -0.05) is 31.2 Å². The van der Waals surface area contributed by atoms with Gasteiger partial charge in [0.05, 0.1) is 6.61 Å². The molecule has 2 aromatic carbocycles. The first-order valence-electron chi connectivity index (χ1n) is 7.76. The minimum absolute atomic E-state index is 0.357. The number of carbonyl (C=O) groups excluding carboxylic acids is 2. The largest absolute Gasteiger partial charge is 0.449 e. The van der Waals surface area contributed by atoms with Gasteiger partial charge >= 0.3 is 12.1 Å². The van der Waals surface area contributed by atoms with Gasteiger partial charge in [-0.15, -0.1) is 0 Å². The van der Waals surface area contributed by atoms with Crippen molar-refractivity contribution in [2.75, 3.05) is 22.6 Å². The van der Waals surface area contributed by atoms with Crippen molar-refractivity contribution >= 4 is 29.2 Å². The van der Waals surface area contributed by atoms with Gasteiger partial charge in [0.15, 0.2) is 0 Å². The molecule has 3 N–H and O–H groups in total. The van der Waals surface area contributed by atoms with Gasteiger partial charge in [0.2, 0.25) is 0 Å². The highest BCUT2D eigenvalue weighted by molar-refractivity contribution is 6.00. The lowest BCUT2D eigenvalue weighted by Gasteiger charge is -2.12. The molecule has 6 heteroatoms. The molecule has 0 spiro atoms. The SMILES string of the molecule is CCCOC(=O)Nc1cc(NC(=O)Nc2ccccc2)ccc1C. The lowest BCUT2D eigenvalue weighted by atomic mass is 10.2. The van der Waals surface area contributed by atoms with Gasteiger partial charge in [-0.05, 0) is 43.2 Å². The molecule has 0 radical (unpaired) electrons. The van der Waals surface area contributed by atoms with Gasteiger partial charge in [-0.2, -0.15) is 0 Å².